The maximum Gasteiger partial charge on any atom is 0.265 e. The van der Waals surface area contributed by atoms with Crippen molar-refractivity contribution in [3.63, 3.8) is 0 Å². The first-order chi connectivity index (χ1) is 12.7. The third kappa shape index (κ3) is 4.30. The molecule has 0 atom stereocenters. The van der Waals surface area contributed by atoms with Crippen molar-refractivity contribution in [2.45, 2.75) is 6.92 Å². The van der Waals surface area contributed by atoms with Crippen LogP contribution in [-0.4, -0.2) is 31.4 Å². The van der Waals surface area contributed by atoms with Gasteiger partial charge in [-0.25, -0.2) is 0 Å². The van der Waals surface area contributed by atoms with Crippen LogP contribution in [0, 0.1) is 11.3 Å². The largest absolute Gasteiger partial charge is 0.486 e. The molecule has 2 aromatic rings. The second-order valence-corrected chi connectivity index (χ2v) is 5.55. The fraction of sp³-hybridized carbons (Fsp3) is 0.211. The molecule has 7 heteroatoms. The molecule has 1 aliphatic rings. The number of anilines is 1. The summed E-state index contributed by atoms with van der Waals surface area (Å²) in [6.07, 6.45) is 0. The molecule has 26 heavy (non-hydrogen) atoms. The molecule has 0 unspecified atom stereocenters. The Morgan fingerprint density at radius 1 is 1.23 bits per heavy atom. The van der Waals surface area contributed by atoms with E-state index in [0.29, 0.717) is 41.7 Å². The summed E-state index contributed by atoms with van der Waals surface area (Å²) < 4.78 is 11.0. The zero-order chi connectivity index (χ0) is 18.4. The van der Waals surface area contributed by atoms with E-state index in [4.69, 9.17) is 19.6 Å². The number of fused-ring (bicyclic) bond motifs is 1. The highest BCUT2D eigenvalue weighted by Crippen LogP contribution is 2.30. The van der Waals surface area contributed by atoms with Crippen LogP contribution in [0.4, 0.5) is 5.69 Å². The first-order valence-corrected chi connectivity index (χ1v) is 8.02. The monoisotopic (exact) mass is 351 g/mol. The van der Waals surface area contributed by atoms with Crippen molar-refractivity contribution in [1.29, 1.82) is 5.26 Å². The third-order valence-electron chi connectivity index (χ3n) is 3.63. The first kappa shape index (κ1) is 17.3. The summed E-state index contributed by atoms with van der Waals surface area (Å²) in [6, 6.07) is 14.1. The molecule has 1 N–H and O–H groups in total. The van der Waals surface area contributed by atoms with Crippen LogP contribution < -0.4 is 14.8 Å². The number of carbonyl (C=O) groups is 1. The summed E-state index contributed by atoms with van der Waals surface area (Å²) >= 11 is 0. The average molecular weight is 351 g/mol. The summed E-state index contributed by atoms with van der Waals surface area (Å²) in [7, 11) is 0. The van der Waals surface area contributed by atoms with E-state index >= 15 is 0 Å². The maximum absolute atomic E-state index is 11.9. The summed E-state index contributed by atoms with van der Waals surface area (Å²) in [5, 5.41) is 15.5. The Morgan fingerprint density at radius 3 is 2.85 bits per heavy atom. The van der Waals surface area contributed by atoms with Crippen LogP contribution in [0.5, 0.6) is 11.5 Å². The minimum Gasteiger partial charge on any atom is -0.486 e. The zero-order valence-corrected chi connectivity index (χ0v) is 14.2. The van der Waals surface area contributed by atoms with Crippen molar-refractivity contribution in [2.24, 2.45) is 5.16 Å². The number of ether oxygens (including phenoxy) is 2. The predicted molar refractivity (Wildman–Crippen MR) is 95.4 cm³/mol. The molecule has 0 radical (unpaired) electrons. The highest BCUT2D eigenvalue weighted by molar-refractivity contribution is 5.99. The van der Waals surface area contributed by atoms with Gasteiger partial charge in [0, 0.05) is 11.3 Å². The van der Waals surface area contributed by atoms with E-state index in [9.17, 15) is 4.79 Å². The molecule has 0 spiro atoms. The van der Waals surface area contributed by atoms with Gasteiger partial charge in [-0.15, -0.1) is 0 Å². The molecule has 1 heterocycles. The van der Waals surface area contributed by atoms with Gasteiger partial charge in [0.15, 0.2) is 18.1 Å². The van der Waals surface area contributed by atoms with Crippen molar-refractivity contribution in [3.05, 3.63) is 53.6 Å². The summed E-state index contributed by atoms with van der Waals surface area (Å²) in [5.41, 5.74) is 2.43. The van der Waals surface area contributed by atoms with Gasteiger partial charge in [-0.3, -0.25) is 4.79 Å². The topological polar surface area (TPSA) is 92.9 Å². The number of oxime groups is 1. The average Bonchev–Trinajstić information content (AvgIpc) is 2.67. The molecule has 1 aliphatic heterocycles. The number of hydrogen-bond donors (Lipinski definition) is 1. The Bertz CT molecular complexity index is 887. The van der Waals surface area contributed by atoms with Crippen LogP contribution in [0.1, 0.15) is 18.1 Å². The Morgan fingerprint density at radius 2 is 2.04 bits per heavy atom. The number of nitrogens with zero attached hydrogens (tertiary/aromatic N) is 2. The molecule has 2 aromatic carbocycles. The van der Waals surface area contributed by atoms with Gasteiger partial charge in [0.05, 0.1) is 17.3 Å². The number of hydrogen-bond acceptors (Lipinski definition) is 6. The SMILES string of the molecule is C/C(=N/OCC(=O)Nc1cccc(C#N)c1)c1ccc2c(c1)OCCO2. The lowest BCUT2D eigenvalue weighted by molar-refractivity contribution is -0.120. The van der Waals surface area contributed by atoms with E-state index in [0.717, 1.165) is 5.56 Å². The van der Waals surface area contributed by atoms with Crippen LogP contribution in [-0.2, 0) is 9.63 Å². The number of carbonyl (C=O) groups excluding carboxylic acids is 1. The lowest BCUT2D eigenvalue weighted by atomic mass is 10.1. The molecule has 7 nitrogen and oxygen atoms in total. The van der Waals surface area contributed by atoms with Crippen molar-refractivity contribution < 1.29 is 19.1 Å². The summed E-state index contributed by atoms with van der Waals surface area (Å²) in [4.78, 5) is 17.0. The number of amides is 1. The summed E-state index contributed by atoms with van der Waals surface area (Å²) in [6.45, 7) is 2.59. The predicted octanol–water partition coefficient (Wildman–Crippen LogP) is 2.71. The highest BCUT2D eigenvalue weighted by Gasteiger charge is 2.13. The second kappa shape index (κ2) is 8.03. The lowest BCUT2D eigenvalue weighted by Crippen LogP contribution is -2.17. The quantitative estimate of drug-likeness (QED) is 0.660. The molecule has 1 amide bonds. The molecular weight excluding hydrogens is 334 g/mol. The van der Waals surface area contributed by atoms with Gasteiger partial charge in [0.2, 0.25) is 0 Å². The Kier molecular flexibility index (Phi) is 5.34. The van der Waals surface area contributed by atoms with Gasteiger partial charge >= 0.3 is 0 Å². The zero-order valence-electron chi connectivity index (χ0n) is 14.2. The van der Waals surface area contributed by atoms with Crippen LogP contribution in [0.2, 0.25) is 0 Å². The second-order valence-electron chi connectivity index (χ2n) is 5.55. The van der Waals surface area contributed by atoms with Crippen LogP contribution in [0.15, 0.2) is 47.6 Å². The highest BCUT2D eigenvalue weighted by atomic mass is 16.6. The molecule has 0 saturated heterocycles. The van der Waals surface area contributed by atoms with E-state index in [1.54, 1.807) is 31.2 Å². The normalized spacial score (nSPS) is 12.8. The molecule has 0 fully saturated rings. The number of benzene rings is 2. The standard InChI is InChI=1S/C19H17N3O4/c1-13(15-5-6-17-18(10-15)25-8-7-24-17)22-26-12-19(23)21-16-4-2-3-14(9-16)11-20/h2-6,9-10H,7-8,12H2,1H3,(H,21,23)/b22-13-. The number of rotatable bonds is 5. The van der Waals surface area contributed by atoms with Gasteiger partial charge in [-0.05, 0) is 43.3 Å². The number of nitrogens with one attached hydrogen (secondary N) is 1. The molecule has 0 aromatic heterocycles. The van der Waals surface area contributed by atoms with Gasteiger partial charge in [-0.1, -0.05) is 11.2 Å². The molecule has 0 bridgehead atoms. The van der Waals surface area contributed by atoms with Gasteiger partial charge in [0.25, 0.3) is 5.91 Å². The van der Waals surface area contributed by atoms with Crippen molar-refractivity contribution in [1.82, 2.24) is 0 Å². The molecule has 3 rings (SSSR count). The van der Waals surface area contributed by atoms with E-state index in [1.165, 1.54) is 0 Å². The minimum absolute atomic E-state index is 0.237. The number of nitriles is 1. The molecule has 0 saturated carbocycles. The van der Waals surface area contributed by atoms with Crippen molar-refractivity contribution >= 4 is 17.3 Å². The fourth-order valence-electron chi connectivity index (χ4n) is 2.37. The smallest absolute Gasteiger partial charge is 0.265 e. The first-order valence-electron chi connectivity index (χ1n) is 8.02. The van der Waals surface area contributed by atoms with Crippen LogP contribution in [0.25, 0.3) is 0 Å². The lowest BCUT2D eigenvalue weighted by Gasteiger charge is -2.18. The van der Waals surface area contributed by atoms with Gasteiger partial charge < -0.3 is 19.6 Å². The Balaban J connectivity index is 1.56. The Labute approximate surface area is 150 Å². The maximum atomic E-state index is 11.9. The van der Waals surface area contributed by atoms with Crippen molar-refractivity contribution in [2.75, 3.05) is 25.1 Å². The Hall–Kier alpha value is -3.53. The van der Waals surface area contributed by atoms with Gasteiger partial charge in [-0.2, -0.15) is 5.26 Å². The van der Waals surface area contributed by atoms with Crippen LogP contribution in [0.3, 0.4) is 0 Å². The molecular formula is C19H17N3O4. The van der Waals surface area contributed by atoms with Gasteiger partial charge in [0.1, 0.15) is 13.2 Å². The minimum atomic E-state index is -0.362. The van der Waals surface area contributed by atoms with Crippen molar-refractivity contribution in [3.8, 4) is 17.6 Å². The van der Waals surface area contributed by atoms with E-state index in [-0.39, 0.29) is 12.5 Å². The van der Waals surface area contributed by atoms with E-state index in [1.807, 2.05) is 24.3 Å². The summed E-state index contributed by atoms with van der Waals surface area (Å²) in [5.74, 6) is 1.00. The van der Waals surface area contributed by atoms with Crippen LogP contribution >= 0.6 is 0 Å². The fourth-order valence-corrected chi connectivity index (χ4v) is 2.37. The molecule has 0 aliphatic carbocycles. The van der Waals surface area contributed by atoms with E-state index < -0.39 is 0 Å². The van der Waals surface area contributed by atoms with E-state index in [2.05, 4.69) is 10.5 Å². The molecule has 132 valence electrons. The third-order valence-corrected chi connectivity index (χ3v) is 3.63.